The molecule has 0 spiro atoms. The lowest BCUT2D eigenvalue weighted by atomic mass is 9.99. The van der Waals surface area contributed by atoms with Crippen molar-refractivity contribution in [1.82, 2.24) is 0 Å². The van der Waals surface area contributed by atoms with Crippen LogP contribution < -0.4 is 4.74 Å². The Balaban J connectivity index is 1.96. The second kappa shape index (κ2) is 7.17. The molecule has 0 radical (unpaired) electrons. The minimum atomic E-state index is 0.124. The van der Waals surface area contributed by atoms with Gasteiger partial charge in [0.15, 0.2) is 5.17 Å². The van der Waals surface area contributed by atoms with Gasteiger partial charge in [-0.3, -0.25) is 0 Å². The second-order valence-electron chi connectivity index (χ2n) is 6.77. The van der Waals surface area contributed by atoms with Gasteiger partial charge >= 0.3 is 0 Å². The molecule has 0 heterocycles. The molecule has 0 amide bonds. The van der Waals surface area contributed by atoms with E-state index in [1.807, 2.05) is 24.3 Å². The molecule has 1 aromatic rings. The predicted octanol–water partition coefficient (Wildman–Crippen LogP) is 4.97. The van der Waals surface area contributed by atoms with Crippen molar-refractivity contribution in [3.05, 3.63) is 29.8 Å². The fourth-order valence-corrected chi connectivity index (χ4v) is 2.34. The third-order valence-corrected chi connectivity index (χ3v) is 3.62. The molecular weight excluding hydrogens is 286 g/mol. The van der Waals surface area contributed by atoms with Crippen molar-refractivity contribution in [1.29, 1.82) is 0 Å². The molecule has 0 unspecified atom stereocenters. The molecule has 0 bridgehead atoms. The van der Waals surface area contributed by atoms with E-state index in [0.29, 0.717) is 11.8 Å². The highest BCUT2D eigenvalue weighted by atomic mass is 35.5. The molecule has 1 aliphatic rings. The van der Waals surface area contributed by atoms with Gasteiger partial charge in [-0.1, -0.05) is 49.7 Å². The normalized spacial score (nSPS) is 17.0. The molecule has 2 rings (SSSR count). The number of hydrogen-bond acceptors (Lipinski definition) is 3. The van der Waals surface area contributed by atoms with E-state index in [-0.39, 0.29) is 11.5 Å². The molecule has 116 valence electrons. The van der Waals surface area contributed by atoms with Crippen LogP contribution in [0.5, 0.6) is 5.75 Å². The summed E-state index contributed by atoms with van der Waals surface area (Å²) in [6.45, 7) is 7.08. The van der Waals surface area contributed by atoms with Gasteiger partial charge in [0.25, 0.3) is 0 Å². The van der Waals surface area contributed by atoms with Crippen LogP contribution >= 0.6 is 11.6 Å². The molecule has 0 aromatic heterocycles. The van der Waals surface area contributed by atoms with Crippen LogP contribution in [-0.2, 0) is 4.84 Å². The van der Waals surface area contributed by atoms with Crippen molar-refractivity contribution < 1.29 is 9.57 Å². The van der Waals surface area contributed by atoms with Crippen LogP contribution in [0.15, 0.2) is 29.4 Å². The van der Waals surface area contributed by atoms with E-state index in [4.69, 9.17) is 21.2 Å². The van der Waals surface area contributed by atoms with Gasteiger partial charge in [0, 0.05) is 5.56 Å². The molecule has 3 nitrogen and oxygen atoms in total. The fourth-order valence-electron chi connectivity index (χ4n) is 2.18. The van der Waals surface area contributed by atoms with Gasteiger partial charge in [-0.15, -0.1) is 0 Å². The number of nitrogens with zero attached hydrogens (tertiary/aromatic N) is 1. The first-order valence-electron chi connectivity index (χ1n) is 7.57. The van der Waals surface area contributed by atoms with Crippen LogP contribution in [0.25, 0.3) is 0 Å². The maximum absolute atomic E-state index is 6.22. The highest BCUT2D eigenvalue weighted by Crippen LogP contribution is 2.23. The number of rotatable bonds is 5. The highest BCUT2D eigenvalue weighted by Gasteiger charge is 2.16. The van der Waals surface area contributed by atoms with E-state index in [9.17, 15) is 0 Å². The third-order valence-electron chi connectivity index (χ3n) is 3.33. The van der Waals surface area contributed by atoms with Crippen LogP contribution in [0, 0.1) is 5.41 Å². The van der Waals surface area contributed by atoms with Gasteiger partial charge in [0.2, 0.25) is 0 Å². The molecule has 21 heavy (non-hydrogen) atoms. The van der Waals surface area contributed by atoms with Gasteiger partial charge in [0.05, 0.1) is 6.61 Å². The van der Waals surface area contributed by atoms with Crippen LogP contribution in [0.3, 0.4) is 0 Å². The lowest BCUT2D eigenvalue weighted by Crippen LogP contribution is -2.16. The summed E-state index contributed by atoms with van der Waals surface area (Å²) in [7, 11) is 0. The molecule has 0 atom stereocenters. The zero-order valence-electron chi connectivity index (χ0n) is 13.1. The van der Waals surface area contributed by atoms with Gasteiger partial charge in [0.1, 0.15) is 11.9 Å². The number of oxime groups is 1. The molecule has 1 fully saturated rings. The van der Waals surface area contributed by atoms with Crippen molar-refractivity contribution in [2.24, 2.45) is 10.6 Å². The summed E-state index contributed by atoms with van der Waals surface area (Å²) in [4.78, 5) is 5.49. The lowest BCUT2D eigenvalue weighted by molar-refractivity contribution is 0.0652. The number of hydrogen-bond donors (Lipinski definition) is 0. The Morgan fingerprint density at radius 2 is 2.00 bits per heavy atom. The topological polar surface area (TPSA) is 30.8 Å². The standard InChI is InChI=1S/C17H24ClNO2/c1-17(2,3)12-20-15-10-6-7-13(11-15)16(18)19-21-14-8-4-5-9-14/h6-7,10-11,14H,4-5,8-9,12H2,1-3H3. The molecule has 4 heteroatoms. The minimum Gasteiger partial charge on any atom is -0.493 e. The smallest absolute Gasteiger partial charge is 0.175 e. The van der Waals surface area contributed by atoms with E-state index < -0.39 is 0 Å². The lowest BCUT2D eigenvalue weighted by Gasteiger charge is -2.19. The largest absolute Gasteiger partial charge is 0.493 e. The second-order valence-corrected chi connectivity index (χ2v) is 7.13. The average Bonchev–Trinajstić information content (AvgIpc) is 2.95. The highest BCUT2D eigenvalue weighted by molar-refractivity contribution is 6.69. The Morgan fingerprint density at radius 3 is 2.67 bits per heavy atom. The van der Waals surface area contributed by atoms with Crippen molar-refractivity contribution in [2.75, 3.05) is 6.61 Å². The van der Waals surface area contributed by atoms with E-state index >= 15 is 0 Å². The summed E-state index contributed by atoms with van der Waals surface area (Å²) in [6.07, 6.45) is 4.80. The number of benzene rings is 1. The molecule has 0 N–H and O–H groups in total. The zero-order chi connectivity index (χ0) is 15.3. The summed E-state index contributed by atoms with van der Waals surface area (Å²) >= 11 is 6.22. The maximum Gasteiger partial charge on any atom is 0.175 e. The molecular formula is C17H24ClNO2. The van der Waals surface area contributed by atoms with Crippen LogP contribution in [0.1, 0.15) is 52.0 Å². The Hall–Kier alpha value is -1.22. The third kappa shape index (κ3) is 5.58. The SMILES string of the molecule is CC(C)(C)COc1cccc(C(Cl)=NOC2CCCC2)c1. The van der Waals surface area contributed by atoms with Gasteiger partial charge in [-0.05, 0) is 43.2 Å². The molecule has 0 aliphatic heterocycles. The van der Waals surface area contributed by atoms with Gasteiger partial charge in [-0.2, -0.15) is 0 Å². The van der Waals surface area contributed by atoms with Gasteiger partial charge < -0.3 is 9.57 Å². The summed E-state index contributed by atoms with van der Waals surface area (Å²) in [5.74, 6) is 0.802. The molecule has 1 aromatic carbocycles. The summed E-state index contributed by atoms with van der Waals surface area (Å²) in [5, 5.41) is 4.43. The summed E-state index contributed by atoms with van der Waals surface area (Å²) in [5.41, 5.74) is 0.945. The quantitative estimate of drug-likeness (QED) is 0.568. The fraction of sp³-hybridized carbons (Fsp3) is 0.588. The van der Waals surface area contributed by atoms with Crippen molar-refractivity contribution in [3.8, 4) is 5.75 Å². The van der Waals surface area contributed by atoms with E-state index in [2.05, 4.69) is 25.9 Å². The predicted molar refractivity (Wildman–Crippen MR) is 87.1 cm³/mol. The summed E-state index contributed by atoms with van der Waals surface area (Å²) in [6, 6.07) is 7.65. The van der Waals surface area contributed by atoms with Crippen LogP contribution in [-0.4, -0.2) is 17.9 Å². The minimum absolute atomic E-state index is 0.124. The molecule has 0 saturated heterocycles. The Bertz CT molecular complexity index is 488. The first-order valence-corrected chi connectivity index (χ1v) is 7.94. The van der Waals surface area contributed by atoms with E-state index in [1.165, 1.54) is 12.8 Å². The van der Waals surface area contributed by atoms with Crippen molar-refractivity contribution in [3.63, 3.8) is 0 Å². The Kier molecular flexibility index (Phi) is 5.51. The number of ether oxygens (including phenoxy) is 1. The monoisotopic (exact) mass is 309 g/mol. The van der Waals surface area contributed by atoms with Crippen LogP contribution in [0.4, 0.5) is 0 Å². The Morgan fingerprint density at radius 1 is 1.29 bits per heavy atom. The van der Waals surface area contributed by atoms with E-state index in [0.717, 1.165) is 24.2 Å². The Labute approximate surface area is 132 Å². The number of halogens is 1. The first-order chi connectivity index (χ1) is 9.94. The zero-order valence-corrected chi connectivity index (χ0v) is 13.8. The van der Waals surface area contributed by atoms with Crippen LogP contribution in [0.2, 0.25) is 0 Å². The maximum atomic E-state index is 6.22. The summed E-state index contributed by atoms with van der Waals surface area (Å²) < 4.78 is 5.78. The molecule has 1 aliphatic carbocycles. The van der Waals surface area contributed by atoms with Crippen molar-refractivity contribution >= 4 is 16.8 Å². The van der Waals surface area contributed by atoms with Crippen molar-refractivity contribution in [2.45, 2.75) is 52.6 Å². The average molecular weight is 310 g/mol. The van der Waals surface area contributed by atoms with E-state index in [1.54, 1.807) is 0 Å². The van der Waals surface area contributed by atoms with Gasteiger partial charge in [-0.25, -0.2) is 0 Å². The first kappa shape index (κ1) is 16.2. The molecule has 1 saturated carbocycles.